The van der Waals surface area contributed by atoms with Crippen molar-refractivity contribution in [2.75, 3.05) is 13.2 Å². The van der Waals surface area contributed by atoms with E-state index < -0.39 is 17.6 Å². The van der Waals surface area contributed by atoms with Crippen LogP contribution in [0, 0.1) is 0 Å². The van der Waals surface area contributed by atoms with Crippen molar-refractivity contribution >= 4 is 28.5 Å². The standard InChI is InChI=1S/C21H20ClNO5/c1-2-13-8-21(26)28-18-10-19(16(22)9-15(13)18)27-12-20(25)23-11-17(24)14-6-4-3-5-7-14/h3-10,17,24H,2,11-12H2,1H3,(H,23,25)/t17-/m1/s1. The number of nitrogens with one attached hydrogen (secondary N) is 1. The van der Waals surface area contributed by atoms with E-state index in [1.54, 1.807) is 18.2 Å². The SMILES string of the molecule is CCc1cc(=O)oc2cc(OCC(=O)NC[C@@H](O)c3ccccc3)c(Cl)cc12. The van der Waals surface area contributed by atoms with Crippen LogP contribution in [0.4, 0.5) is 0 Å². The van der Waals surface area contributed by atoms with Gasteiger partial charge in [0.25, 0.3) is 5.91 Å². The summed E-state index contributed by atoms with van der Waals surface area (Å²) in [5.41, 5.74) is 1.43. The highest BCUT2D eigenvalue weighted by atomic mass is 35.5. The molecular formula is C21H20ClNO5. The van der Waals surface area contributed by atoms with E-state index >= 15 is 0 Å². The van der Waals surface area contributed by atoms with Gasteiger partial charge >= 0.3 is 5.63 Å². The molecule has 0 saturated heterocycles. The molecule has 1 aromatic heterocycles. The molecule has 1 amide bonds. The molecule has 7 heteroatoms. The lowest BCUT2D eigenvalue weighted by atomic mass is 10.1. The van der Waals surface area contributed by atoms with E-state index in [1.807, 2.05) is 25.1 Å². The summed E-state index contributed by atoms with van der Waals surface area (Å²) in [6, 6.07) is 13.6. The van der Waals surface area contributed by atoms with E-state index in [-0.39, 0.29) is 18.9 Å². The summed E-state index contributed by atoms with van der Waals surface area (Å²) in [6.45, 7) is 1.71. The first-order valence-electron chi connectivity index (χ1n) is 8.86. The molecule has 2 aromatic carbocycles. The Hall–Kier alpha value is -2.83. The van der Waals surface area contributed by atoms with Crippen LogP contribution < -0.4 is 15.7 Å². The van der Waals surface area contributed by atoms with Gasteiger partial charge in [-0.3, -0.25) is 4.79 Å². The zero-order valence-corrected chi connectivity index (χ0v) is 16.0. The number of fused-ring (bicyclic) bond motifs is 1. The highest BCUT2D eigenvalue weighted by Gasteiger charge is 2.13. The van der Waals surface area contributed by atoms with Crippen LogP contribution in [0.3, 0.4) is 0 Å². The summed E-state index contributed by atoms with van der Waals surface area (Å²) in [7, 11) is 0. The highest BCUT2D eigenvalue weighted by Crippen LogP contribution is 2.31. The second kappa shape index (κ2) is 8.91. The quantitative estimate of drug-likeness (QED) is 0.593. The molecule has 3 aromatic rings. The van der Waals surface area contributed by atoms with Crippen molar-refractivity contribution in [2.45, 2.75) is 19.4 Å². The van der Waals surface area contributed by atoms with Crippen molar-refractivity contribution in [3.8, 4) is 5.75 Å². The van der Waals surface area contributed by atoms with Crippen molar-refractivity contribution in [3.05, 3.63) is 75.1 Å². The fourth-order valence-corrected chi connectivity index (χ4v) is 3.05. The van der Waals surface area contributed by atoms with Crippen LogP contribution in [0.15, 0.2) is 57.7 Å². The summed E-state index contributed by atoms with van der Waals surface area (Å²) >= 11 is 6.25. The van der Waals surface area contributed by atoms with Crippen molar-refractivity contribution in [1.29, 1.82) is 0 Å². The summed E-state index contributed by atoms with van der Waals surface area (Å²) < 4.78 is 10.7. The maximum atomic E-state index is 12.0. The number of benzene rings is 2. The van der Waals surface area contributed by atoms with Crippen molar-refractivity contribution < 1.29 is 19.1 Å². The predicted molar refractivity (Wildman–Crippen MR) is 107 cm³/mol. The van der Waals surface area contributed by atoms with Gasteiger partial charge in [-0.25, -0.2) is 4.79 Å². The minimum Gasteiger partial charge on any atom is -0.482 e. The first kappa shape index (κ1) is 19.9. The molecule has 146 valence electrons. The fourth-order valence-electron chi connectivity index (χ4n) is 2.83. The number of halogens is 1. The number of carbonyl (C=O) groups is 1. The molecule has 28 heavy (non-hydrogen) atoms. The number of aryl methyl sites for hydroxylation is 1. The zero-order valence-electron chi connectivity index (χ0n) is 15.3. The van der Waals surface area contributed by atoms with E-state index in [4.69, 9.17) is 20.8 Å². The first-order chi connectivity index (χ1) is 13.5. The molecule has 0 aliphatic rings. The maximum Gasteiger partial charge on any atom is 0.336 e. The predicted octanol–water partition coefficient (Wildman–Crippen LogP) is 3.24. The zero-order chi connectivity index (χ0) is 20.1. The lowest BCUT2D eigenvalue weighted by Gasteiger charge is -2.13. The Morgan fingerprint density at radius 1 is 1.25 bits per heavy atom. The van der Waals surface area contributed by atoms with Gasteiger partial charge in [-0.1, -0.05) is 48.9 Å². The molecule has 0 saturated carbocycles. The van der Waals surface area contributed by atoms with Gasteiger partial charge < -0.3 is 19.6 Å². The van der Waals surface area contributed by atoms with Crippen LogP contribution in [0.1, 0.15) is 24.2 Å². The van der Waals surface area contributed by atoms with Gasteiger partial charge in [0.1, 0.15) is 11.3 Å². The van der Waals surface area contributed by atoms with Crippen LogP contribution >= 0.6 is 11.6 Å². The van der Waals surface area contributed by atoms with Gasteiger partial charge in [0.2, 0.25) is 0 Å². The molecule has 0 aliphatic carbocycles. The van der Waals surface area contributed by atoms with E-state index in [2.05, 4.69) is 5.32 Å². The number of hydrogen-bond acceptors (Lipinski definition) is 5. The Balaban J connectivity index is 1.64. The van der Waals surface area contributed by atoms with Crippen LogP contribution in [-0.4, -0.2) is 24.2 Å². The normalized spacial score (nSPS) is 12.0. The molecule has 0 radical (unpaired) electrons. The molecule has 1 heterocycles. The molecule has 0 aliphatic heterocycles. The third-order valence-corrected chi connectivity index (χ3v) is 4.59. The number of carbonyl (C=O) groups excluding carboxylic acids is 1. The molecule has 0 spiro atoms. The summed E-state index contributed by atoms with van der Waals surface area (Å²) in [5.74, 6) is -0.167. The molecule has 0 fully saturated rings. The second-order valence-electron chi connectivity index (χ2n) is 6.24. The average molecular weight is 402 g/mol. The number of amides is 1. The fraction of sp³-hybridized carbons (Fsp3) is 0.238. The highest BCUT2D eigenvalue weighted by molar-refractivity contribution is 6.32. The monoisotopic (exact) mass is 401 g/mol. The molecule has 6 nitrogen and oxygen atoms in total. The Labute approximate surface area is 166 Å². The lowest BCUT2D eigenvalue weighted by molar-refractivity contribution is -0.123. The van der Waals surface area contributed by atoms with Gasteiger partial charge in [0.15, 0.2) is 6.61 Å². The van der Waals surface area contributed by atoms with Gasteiger partial charge in [0.05, 0.1) is 11.1 Å². The van der Waals surface area contributed by atoms with E-state index in [0.717, 1.165) is 10.9 Å². The molecule has 1 atom stereocenters. The van der Waals surface area contributed by atoms with Crippen LogP contribution in [-0.2, 0) is 11.2 Å². The van der Waals surface area contributed by atoms with Crippen LogP contribution in [0.25, 0.3) is 11.0 Å². The van der Waals surface area contributed by atoms with E-state index in [9.17, 15) is 14.7 Å². The Bertz CT molecular complexity index is 1030. The number of aliphatic hydroxyl groups is 1. The number of rotatable bonds is 7. The summed E-state index contributed by atoms with van der Waals surface area (Å²) in [5, 5.41) is 13.7. The minimum atomic E-state index is -0.809. The summed E-state index contributed by atoms with van der Waals surface area (Å²) in [4.78, 5) is 23.7. The molecule has 0 unspecified atom stereocenters. The number of ether oxygens (including phenoxy) is 1. The van der Waals surface area contributed by atoms with Gasteiger partial charge in [-0.15, -0.1) is 0 Å². The Morgan fingerprint density at radius 2 is 2.00 bits per heavy atom. The first-order valence-corrected chi connectivity index (χ1v) is 9.24. The van der Waals surface area contributed by atoms with E-state index in [1.165, 1.54) is 12.1 Å². The second-order valence-corrected chi connectivity index (χ2v) is 6.65. The largest absolute Gasteiger partial charge is 0.482 e. The molecule has 0 bridgehead atoms. The Morgan fingerprint density at radius 3 is 2.71 bits per heavy atom. The molecular weight excluding hydrogens is 382 g/mol. The smallest absolute Gasteiger partial charge is 0.336 e. The minimum absolute atomic E-state index is 0.0619. The third kappa shape index (κ3) is 4.71. The molecule has 2 N–H and O–H groups in total. The van der Waals surface area contributed by atoms with Crippen molar-refractivity contribution in [3.63, 3.8) is 0 Å². The van der Waals surface area contributed by atoms with Crippen molar-refractivity contribution in [2.24, 2.45) is 0 Å². The molecule has 3 rings (SSSR count). The lowest BCUT2D eigenvalue weighted by Crippen LogP contribution is -2.32. The van der Waals surface area contributed by atoms with Gasteiger partial charge in [-0.2, -0.15) is 0 Å². The summed E-state index contributed by atoms with van der Waals surface area (Å²) in [6.07, 6.45) is -0.152. The average Bonchev–Trinajstić information content (AvgIpc) is 2.70. The van der Waals surface area contributed by atoms with E-state index in [0.29, 0.717) is 22.6 Å². The van der Waals surface area contributed by atoms with Crippen LogP contribution in [0.5, 0.6) is 5.75 Å². The number of aliphatic hydroxyl groups excluding tert-OH is 1. The van der Waals surface area contributed by atoms with Crippen LogP contribution in [0.2, 0.25) is 5.02 Å². The number of hydrogen-bond donors (Lipinski definition) is 2. The van der Waals surface area contributed by atoms with Gasteiger partial charge in [-0.05, 0) is 23.6 Å². The third-order valence-electron chi connectivity index (χ3n) is 4.30. The maximum absolute atomic E-state index is 12.0. The Kier molecular flexibility index (Phi) is 6.34. The topological polar surface area (TPSA) is 88.8 Å². The van der Waals surface area contributed by atoms with Crippen molar-refractivity contribution in [1.82, 2.24) is 5.32 Å². The van der Waals surface area contributed by atoms with Gasteiger partial charge in [0, 0.05) is 24.1 Å².